The minimum atomic E-state index is -0.134. The van der Waals surface area contributed by atoms with Gasteiger partial charge < -0.3 is 9.73 Å². The zero-order valence-corrected chi connectivity index (χ0v) is 15.6. The summed E-state index contributed by atoms with van der Waals surface area (Å²) in [6.45, 7) is 0. The second-order valence-corrected chi connectivity index (χ2v) is 6.58. The summed E-state index contributed by atoms with van der Waals surface area (Å²) in [5.74, 6) is 0.755. The van der Waals surface area contributed by atoms with Gasteiger partial charge in [0.25, 0.3) is 0 Å². The van der Waals surface area contributed by atoms with Gasteiger partial charge in [0.1, 0.15) is 0 Å². The van der Waals surface area contributed by atoms with Crippen molar-refractivity contribution in [3.05, 3.63) is 89.4 Å². The highest BCUT2D eigenvalue weighted by Crippen LogP contribution is 2.25. The van der Waals surface area contributed by atoms with E-state index in [1.54, 1.807) is 18.2 Å². The molecule has 0 saturated heterocycles. The SMILES string of the molecule is O=C(Cc1ccccc1Cl)Nc1ccc(-c2nnc(-c3ccccc3)o2)cc1. The summed E-state index contributed by atoms with van der Waals surface area (Å²) in [5, 5.41) is 11.6. The van der Waals surface area contributed by atoms with Crippen molar-refractivity contribution in [2.75, 3.05) is 5.32 Å². The fourth-order valence-electron chi connectivity index (χ4n) is 2.75. The molecular weight excluding hydrogens is 374 g/mol. The summed E-state index contributed by atoms with van der Waals surface area (Å²) >= 11 is 6.10. The zero-order chi connectivity index (χ0) is 19.3. The first-order valence-electron chi connectivity index (χ1n) is 8.72. The number of anilines is 1. The summed E-state index contributed by atoms with van der Waals surface area (Å²) in [6, 6.07) is 24.1. The van der Waals surface area contributed by atoms with E-state index in [0.717, 1.165) is 16.7 Å². The summed E-state index contributed by atoms with van der Waals surface area (Å²) in [5.41, 5.74) is 3.12. The van der Waals surface area contributed by atoms with Gasteiger partial charge in [0.2, 0.25) is 17.7 Å². The molecule has 1 N–H and O–H groups in total. The van der Waals surface area contributed by atoms with Crippen LogP contribution in [-0.4, -0.2) is 16.1 Å². The smallest absolute Gasteiger partial charge is 0.248 e. The number of nitrogens with one attached hydrogen (secondary N) is 1. The van der Waals surface area contributed by atoms with Crippen molar-refractivity contribution < 1.29 is 9.21 Å². The molecule has 0 bridgehead atoms. The van der Waals surface area contributed by atoms with E-state index in [4.69, 9.17) is 16.0 Å². The molecule has 28 heavy (non-hydrogen) atoms. The molecule has 3 aromatic carbocycles. The van der Waals surface area contributed by atoms with Gasteiger partial charge in [-0.25, -0.2) is 0 Å². The molecule has 0 aliphatic carbocycles. The molecule has 1 aromatic heterocycles. The van der Waals surface area contributed by atoms with Crippen LogP contribution >= 0.6 is 11.6 Å². The Bertz CT molecular complexity index is 1090. The number of nitrogens with zero attached hydrogens (tertiary/aromatic N) is 2. The normalized spacial score (nSPS) is 10.6. The maximum absolute atomic E-state index is 12.2. The highest BCUT2D eigenvalue weighted by atomic mass is 35.5. The second kappa shape index (κ2) is 8.06. The Morgan fingerprint density at radius 1 is 0.821 bits per heavy atom. The quantitative estimate of drug-likeness (QED) is 0.507. The number of amides is 1. The van der Waals surface area contributed by atoms with Gasteiger partial charge in [0.05, 0.1) is 6.42 Å². The molecule has 1 amide bonds. The average Bonchev–Trinajstić information content (AvgIpc) is 3.21. The van der Waals surface area contributed by atoms with Gasteiger partial charge >= 0.3 is 0 Å². The van der Waals surface area contributed by atoms with Crippen LogP contribution in [0.5, 0.6) is 0 Å². The van der Waals surface area contributed by atoms with E-state index < -0.39 is 0 Å². The third kappa shape index (κ3) is 4.10. The van der Waals surface area contributed by atoms with Crippen LogP contribution in [0.4, 0.5) is 5.69 Å². The maximum atomic E-state index is 12.2. The van der Waals surface area contributed by atoms with Crippen molar-refractivity contribution in [1.29, 1.82) is 0 Å². The highest BCUT2D eigenvalue weighted by Gasteiger charge is 2.11. The molecule has 0 fully saturated rings. The molecule has 0 spiro atoms. The van der Waals surface area contributed by atoms with E-state index in [0.29, 0.717) is 22.5 Å². The minimum Gasteiger partial charge on any atom is -0.416 e. The lowest BCUT2D eigenvalue weighted by atomic mass is 10.1. The van der Waals surface area contributed by atoms with Gasteiger partial charge in [-0.05, 0) is 48.0 Å². The standard InChI is InChI=1S/C22H16ClN3O2/c23-19-9-5-4-8-17(19)14-20(27)24-18-12-10-16(11-13-18)22-26-25-21(28-22)15-6-2-1-3-7-15/h1-13H,14H2,(H,24,27). The van der Waals surface area contributed by atoms with E-state index in [-0.39, 0.29) is 12.3 Å². The number of benzene rings is 3. The molecule has 0 atom stereocenters. The number of halogens is 1. The van der Waals surface area contributed by atoms with Gasteiger partial charge in [-0.1, -0.05) is 48.0 Å². The molecule has 0 unspecified atom stereocenters. The number of carbonyl (C=O) groups excluding carboxylic acids is 1. The lowest BCUT2D eigenvalue weighted by molar-refractivity contribution is -0.115. The van der Waals surface area contributed by atoms with Crippen molar-refractivity contribution >= 4 is 23.2 Å². The molecule has 4 aromatic rings. The Balaban J connectivity index is 1.44. The first-order valence-corrected chi connectivity index (χ1v) is 9.09. The zero-order valence-electron chi connectivity index (χ0n) is 14.8. The van der Waals surface area contributed by atoms with Crippen molar-refractivity contribution in [1.82, 2.24) is 10.2 Å². The van der Waals surface area contributed by atoms with Crippen LogP contribution in [-0.2, 0) is 11.2 Å². The summed E-state index contributed by atoms with van der Waals surface area (Å²) in [6.07, 6.45) is 0.214. The first kappa shape index (κ1) is 17.9. The Morgan fingerprint density at radius 3 is 2.11 bits per heavy atom. The Kier molecular flexibility index (Phi) is 5.17. The molecule has 6 heteroatoms. The summed E-state index contributed by atoms with van der Waals surface area (Å²) in [7, 11) is 0. The van der Waals surface area contributed by atoms with Gasteiger partial charge in [0.15, 0.2) is 0 Å². The molecule has 5 nitrogen and oxygen atoms in total. The van der Waals surface area contributed by atoms with Gasteiger partial charge in [-0.2, -0.15) is 0 Å². The van der Waals surface area contributed by atoms with Crippen LogP contribution in [0.25, 0.3) is 22.9 Å². The van der Waals surface area contributed by atoms with E-state index in [2.05, 4.69) is 15.5 Å². The van der Waals surface area contributed by atoms with Crippen LogP contribution < -0.4 is 5.32 Å². The monoisotopic (exact) mass is 389 g/mol. The molecule has 0 aliphatic heterocycles. The summed E-state index contributed by atoms with van der Waals surface area (Å²) in [4.78, 5) is 12.2. The first-order chi connectivity index (χ1) is 13.7. The lowest BCUT2D eigenvalue weighted by Crippen LogP contribution is -2.14. The van der Waals surface area contributed by atoms with E-state index in [9.17, 15) is 4.79 Å². The third-order valence-corrected chi connectivity index (χ3v) is 4.54. The molecule has 0 saturated carbocycles. The largest absolute Gasteiger partial charge is 0.416 e. The number of hydrogen-bond donors (Lipinski definition) is 1. The lowest BCUT2D eigenvalue weighted by Gasteiger charge is -2.07. The summed E-state index contributed by atoms with van der Waals surface area (Å²) < 4.78 is 5.74. The van der Waals surface area contributed by atoms with Crippen LogP contribution in [0.1, 0.15) is 5.56 Å². The van der Waals surface area contributed by atoms with Crippen molar-refractivity contribution in [2.45, 2.75) is 6.42 Å². The van der Waals surface area contributed by atoms with Gasteiger partial charge in [-0.3, -0.25) is 4.79 Å². The van der Waals surface area contributed by atoms with Crippen LogP contribution in [0.3, 0.4) is 0 Å². The van der Waals surface area contributed by atoms with Crippen LogP contribution in [0.15, 0.2) is 83.3 Å². The van der Waals surface area contributed by atoms with E-state index >= 15 is 0 Å². The highest BCUT2D eigenvalue weighted by molar-refractivity contribution is 6.31. The van der Waals surface area contributed by atoms with Gasteiger partial charge in [-0.15, -0.1) is 10.2 Å². The molecule has 138 valence electrons. The second-order valence-electron chi connectivity index (χ2n) is 6.17. The predicted octanol–water partition coefficient (Wildman–Crippen LogP) is 5.24. The van der Waals surface area contributed by atoms with Crippen LogP contribution in [0.2, 0.25) is 5.02 Å². The Labute approximate surface area is 167 Å². The number of carbonyl (C=O) groups is 1. The molecule has 1 heterocycles. The van der Waals surface area contributed by atoms with E-state index in [1.807, 2.05) is 60.7 Å². The topological polar surface area (TPSA) is 68.0 Å². The van der Waals surface area contributed by atoms with Crippen molar-refractivity contribution in [2.24, 2.45) is 0 Å². The van der Waals surface area contributed by atoms with Gasteiger partial charge in [0, 0.05) is 21.8 Å². The molecule has 0 aliphatic rings. The molecule has 4 rings (SSSR count). The van der Waals surface area contributed by atoms with Crippen molar-refractivity contribution in [3.63, 3.8) is 0 Å². The molecular formula is C22H16ClN3O2. The Morgan fingerprint density at radius 2 is 1.43 bits per heavy atom. The molecule has 0 radical (unpaired) electrons. The number of rotatable bonds is 5. The minimum absolute atomic E-state index is 0.134. The fourth-order valence-corrected chi connectivity index (χ4v) is 2.96. The number of hydrogen-bond acceptors (Lipinski definition) is 4. The average molecular weight is 390 g/mol. The van der Waals surface area contributed by atoms with Crippen LogP contribution in [0, 0.1) is 0 Å². The Hall–Kier alpha value is -3.44. The predicted molar refractivity (Wildman–Crippen MR) is 109 cm³/mol. The van der Waals surface area contributed by atoms with E-state index in [1.165, 1.54) is 0 Å². The van der Waals surface area contributed by atoms with Crippen molar-refractivity contribution in [3.8, 4) is 22.9 Å². The number of aromatic nitrogens is 2. The third-order valence-electron chi connectivity index (χ3n) is 4.17. The maximum Gasteiger partial charge on any atom is 0.248 e. The fraction of sp³-hybridized carbons (Fsp3) is 0.0455.